The zero-order valence-corrected chi connectivity index (χ0v) is 9.58. The van der Waals surface area contributed by atoms with E-state index in [1.54, 1.807) is 12.4 Å². The van der Waals surface area contributed by atoms with E-state index in [-0.39, 0.29) is 6.04 Å². The maximum atomic E-state index is 8.59. The van der Waals surface area contributed by atoms with Crippen LogP contribution in [0.4, 0.5) is 5.69 Å². The number of anilines is 1. The number of nitriles is 1. The van der Waals surface area contributed by atoms with Crippen molar-refractivity contribution in [1.29, 1.82) is 5.26 Å². The predicted molar refractivity (Wildman–Crippen MR) is 59.9 cm³/mol. The molecule has 0 bridgehead atoms. The van der Waals surface area contributed by atoms with Crippen molar-refractivity contribution < 1.29 is 0 Å². The molecule has 1 N–H and O–H groups in total. The van der Waals surface area contributed by atoms with Crippen LogP contribution in [0.3, 0.4) is 0 Å². The molecule has 1 rings (SSSR count). The quantitative estimate of drug-likeness (QED) is 0.898. The molecular weight excluding hydrogens is 242 g/mol. The maximum Gasteiger partial charge on any atom is 0.0643 e. The third-order valence-electron chi connectivity index (χ3n) is 1.91. The summed E-state index contributed by atoms with van der Waals surface area (Å²) in [5.41, 5.74) is 0.946. The Morgan fingerprint density at radius 1 is 1.64 bits per heavy atom. The van der Waals surface area contributed by atoms with Crippen molar-refractivity contribution in [2.75, 3.05) is 5.32 Å². The van der Waals surface area contributed by atoms with Gasteiger partial charge in [-0.2, -0.15) is 5.26 Å². The molecule has 3 nitrogen and oxygen atoms in total. The SMILES string of the molecule is CCC(CC#N)Nc1cncc(Br)c1. The fourth-order valence-electron chi connectivity index (χ4n) is 1.13. The van der Waals surface area contributed by atoms with E-state index in [0.717, 1.165) is 16.6 Å². The number of rotatable bonds is 4. The normalized spacial score (nSPS) is 11.8. The van der Waals surface area contributed by atoms with Crippen LogP contribution in [0.15, 0.2) is 22.9 Å². The highest BCUT2D eigenvalue weighted by molar-refractivity contribution is 9.10. The van der Waals surface area contributed by atoms with Crippen molar-refractivity contribution in [2.45, 2.75) is 25.8 Å². The zero-order chi connectivity index (χ0) is 10.4. The lowest BCUT2D eigenvalue weighted by atomic mass is 10.1. The topological polar surface area (TPSA) is 48.7 Å². The van der Waals surface area contributed by atoms with Gasteiger partial charge in [-0.05, 0) is 28.4 Å². The van der Waals surface area contributed by atoms with Crippen molar-refractivity contribution >= 4 is 21.6 Å². The first-order valence-electron chi connectivity index (χ1n) is 4.50. The Kier molecular flexibility index (Phi) is 4.41. The third-order valence-corrected chi connectivity index (χ3v) is 2.34. The summed E-state index contributed by atoms with van der Waals surface area (Å²) in [5.74, 6) is 0. The summed E-state index contributed by atoms with van der Waals surface area (Å²) in [6, 6.07) is 4.32. The van der Waals surface area contributed by atoms with Gasteiger partial charge in [-0.3, -0.25) is 4.98 Å². The predicted octanol–water partition coefficient (Wildman–Crippen LogP) is 2.95. The lowest BCUT2D eigenvalue weighted by Crippen LogP contribution is -2.17. The molecule has 1 heterocycles. The molecule has 14 heavy (non-hydrogen) atoms. The van der Waals surface area contributed by atoms with Gasteiger partial charge in [0.05, 0.1) is 24.4 Å². The lowest BCUT2D eigenvalue weighted by molar-refractivity contribution is 0.710. The molecule has 74 valence electrons. The monoisotopic (exact) mass is 253 g/mol. The number of nitrogens with zero attached hydrogens (tertiary/aromatic N) is 2. The van der Waals surface area contributed by atoms with Gasteiger partial charge in [0, 0.05) is 16.7 Å². The van der Waals surface area contributed by atoms with Gasteiger partial charge in [-0.1, -0.05) is 6.92 Å². The van der Waals surface area contributed by atoms with E-state index in [1.807, 2.05) is 6.07 Å². The van der Waals surface area contributed by atoms with Crippen LogP contribution < -0.4 is 5.32 Å². The molecule has 0 radical (unpaired) electrons. The molecule has 0 spiro atoms. The summed E-state index contributed by atoms with van der Waals surface area (Å²) in [6.45, 7) is 2.06. The molecule has 1 aromatic heterocycles. The van der Waals surface area contributed by atoms with E-state index >= 15 is 0 Å². The summed E-state index contributed by atoms with van der Waals surface area (Å²) < 4.78 is 0.939. The molecule has 0 saturated carbocycles. The molecular formula is C10H12BrN3. The van der Waals surface area contributed by atoms with Crippen LogP contribution in [-0.2, 0) is 0 Å². The Hall–Kier alpha value is -1.08. The molecule has 0 aliphatic carbocycles. The number of halogens is 1. The highest BCUT2D eigenvalue weighted by Gasteiger charge is 2.05. The van der Waals surface area contributed by atoms with E-state index in [2.05, 4.69) is 39.2 Å². The second kappa shape index (κ2) is 5.61. The average molecular weight is 254 g/mol. The lowest BCUT2D eigenvalue weighted by Gasteiger charge is -2.14. The molecule has 1 unspecified atom stereocenters. The minimum absolute atomic E-state index is 0.205. The summed E-state index contributed by atoms with van der Waals surface area (Å²) in [7, 11) is 0. The van der Waals surface area contributed by atoms with Crippen molar-refractivity contribution in [3.63, 3.8) is 0 Å². The van der Waals surface area contributed by atoms with Crippen LogP contribution in [-0.4, -0.2) is 11.0 Å². The standard InChI is InChI=1S/C10H12BrN3/c1-2-9(3-4-12)14-10-5-8(11)6-13-7-10/h5-7,9,14H,2-3H2,1H3. The fraction of sp³-hybridized carbons (Fsp3) is 0.400. The Labute approximate surface area is 92.3 Å². The van der Waals surface area contributed by atoms with E-state index in [9.17, 15) is 0 Å². The number of pyridine rings is 1. The smallest absolute Gasteiger partial charge is 0.0643 e. The van der Waals surface area contributed by atoms with E-state index in [0.29, 0.717) is 6.42 Å². The molecule has 0 fully saturated rings. The summed E-state index contributed by atoms with van der Waals surface area (Å²) in [6.07, 6.45) is 4.93. The van der Waals surface area contributed by atoms with Gasteiger partial charge < -0.3 is 5.32 Å². The highest BCUT2D eigenvalue weighted by atomic mass is 79.9. The van der Waals surface area contributed by atoms with E-state index < -0.39 is 0 Å². The molecule has 0 aliphatic rings. The molecule has 1 atom stereocenters. The highest BCUT2D eigenvalue weighted by Crippen LogP contribution is 2.15. The van der Waals surface area contributed by atoms with Gasteiger partial charge in [-0.25, -0.2) is 0 Å². The first kappa shape index (κ1) is 11.0. The van der Waals surface area contributed by atoms with Crippen molar-refractivity contribution in [2.24, 2.45) is 0 Å². The van der Waals surface area contributed by atoms with Gasteiger partial charge in [0.2, 0.25) is 0 Å². The Balaban J connectivity index is 2.63. The number of hydrogen-bond donors (Lipinski definition) is 1. The van der Waals surface area contributed by atoms with Crippen LogP contribution in [0.2, 0.25) is 0 Å². The minimum atomic E-state index is 0.205. The summed E-state index contributed by atoms with van der Waals surface area (Å²) >= 11 is 3.35. The van der Waals surface area contributed by atoms with Crippen molar-refractivity contribution in [3.8, 4) is 6.07 Å². The number of aromatic nitrogens is 1. The Morgan fingerprint density at radius 2 is 2.43 bits per heavy atom. The van der Waals surface area contributed by atoms with Gasteiger partial charge in [0.15, 0.2) is 0 Å². The third kappa shape index (κ3) is 3.35. The van der Waals surface area contributed by atoms with Crippen molar-refractivity contribution in [1.82, 2.24) is 4.98 Å². The molecule has 4 heteroatoms. The fourth-order valence-corrected chi connectivity index (χ4v) is 1.50. The molecule has 0 aromatic carbocycles. The van der Waals surface area contributed by atoms with Crippen LogP contribution in [0, 0.1) is 11.3 Å². The minimum Gasteiger partial charge on any atom is -0.380 e. The van der Waals surface area contributed by atoms with Gasteiger partial charge in [-0.15, -0.1) is 0 Å². The van der Waals surface area contributed by atoms with Crippen LogP contribution in [0.5, 0.6) is 0 Å². The zero-order valence-electron chi connectivity index (χ0n) is 8.00. The molecule has 0 amide bonds. The molecule has 1 aromatic rings. The van der Waals surface area contributed by atoms with Crippen LogP contribution in [0.1, 0.15) is 19.8 Å². The maximum absolute atomic E-state index is 8.59. The number of hydrogen-bond acceptors (Lipinski definition) is 3. The summed E-state index contributed by atoms with van der Waals surface area (Å²) in [4.78, 5) is 4.04. The Morgan fingerprint density at radius 3 is 3.00 bits per heavy atom. The number of nitrogens with one attached hydrogen (secondary N) is 1. The first-order valence-corrected chi connectivity index (χ1v) is 5.29. The van der Waals surface area contributed by atoms with Gasteiger partial charge >= 0.3 is 0 Å². The van der Waals surface area contributed by atoms with Gasteiger partial charge in [0.1, 0.15) is 0 Å². The van der Waals surface area contributed by atoms with Crippen LogP contribution >= 0.6 is 15.9 Å². The largest absolute Gasteiger partial charge is 0.380 e. The molecule has 0 aliphatic heterocycles. The average Bonchev–Trinajstić information content (AvgIpc) is 2.17. The van der Waals surface area contributed by atoms with Crippen molar-refractivity contribution in [3.05, 3.63) is 22.9 Å². The second-order valence-electron chi connectivity index (χ2n) is 3.00. The first-order chi connectivity index (χ1) is 6.76. The van der Waals surface area contributed by atoms with Gasteiger partial charge in [0.25, 0.3) is 0 Å². The van der Waals surface area contributed by atoms with E-state index in [1.165, 1.54) is 0 Å². The second-order valence-corrected chi connectivity index (χ2v) is 3.92. The molecule has 0 saturated heterocycles. The Bertz CT molecular complexity index is 332. The summed E-state index contributed by atoms with van der Waals surface area (Å²) in [5, 5.41) is 11.8. The van der Waals surface area contributed by atoms with E-state index in [4.69, 9.17) is 5.26 Å². The van der Waals surface area contributed by atoms with Crippen LogP contribution in [0.25, 0.3) is 0 Å².